The first-order valence-corrected chi connectivity index (χ1v) is 9.89. The predicted molar refractivity (Wildman–Crippen MR) is 104 cm³/mol. The van der Waals surface area contributed by atoms with Gasteiger partial charge in [0.05, 0.1) is 15.8 Å². The summed E-state index contributed by atoms with van der Waals surface area (Å²) in [6.45, 7) is 4.12. The third kappa shape index (κ3) is 2.69. The second-order valence-corrected chi connectivity index (χ2v) is 8.08. The minimum atomic E-state index is -0.114. The molecule has 0 fully saturated rings. The Hall–Kier alpha value is -2.63. The molecular weight excluding hydrogens is 366 g/mol. The Labute approximate surface area is 157 Å². The maximum absolute atomic E-state index is 12.7. The van der Waals surface area contributed by atoms with E-state index in [0.29, 0.717) is 16.1 Å². The summed E-state index contributed by atoms with van der Waals surface area (Å²) in [6, 6.07) is 11.8. The van der Waals surface area contributed by atoms with E-state index >= 15 is 0 Å². The van der Waals surface area contributed by atoms with Gasteiger partial charge in [0.15, 0.2) is 5.16 Å². The molecule has 3 aromatic heterocycles. The van der Waals surface area contributed by atoms with Gasteiger partial charge in [0.2, 0.25) is 0 Å². The number of hydrogen-bond donors (Lipinski definition) is 0. The lowest BCUT2D eigenvalue weighted by atomic mass is 10.2. The van der Waals surface area contributed by atoms with Crippen LogP contribution in [0, 0.1) is 11.3 Å². The number of nitrogens with zero attached hydrogens (tertiary/aromatic N) is 5. The first kappa shape index (κ1) is 16.8. The van der Waals surface area contributed by atoms with E-state index in [0.717, 1.165) is 20.9 Å². The SMILES string of the molecule is CC(C)n1cnnc1SCc1cc(=O)n2c(sc3ccccc32)c1C#N. The van der Waals surface area contributed by atoms with E-state index in [1.54, 1.807) is 16.8 Å². The molecule has 0 radical (unpaired) electrons. The van der Waals surface area contributed by atoms with E-state index in [-0.39, 0.29) is 11.6 Å². The molecule has 0 aliphatic rings. The average Bonchev–Trinajstić information content (AvgIpc) is 3.24. The molecule has 3 heterocycles. The highest BCUT2D eigenvalue weighted by Gasteiger charge is 2.16. The smallest absolute Gasteiger partial charge is 0.256 e. The highest BCUT2D eigenvalue weighted by Crippen LogP contribution is 2.31. The minimum absolute atomic E-state index is 0.114. The summed E-state index contributed by atoms with van der Waals surface area (Å²) < 4.78 is 4.59. The molecule has 0 bridgehead atoms. The number of benzene rings is 1. The average molecular weight is 381 g/mol. The fourth-order valence-electron chi connectivity index (χ4n) is 2.86. The van der Waals surface area contributed by atoms with Crippen LogP contribution in [0.25, 0.3) is 15.0 Å². The van der Waals surface area contributed by atoms with Crippen LogP contribution in [0.5, 0.6) is 0 Å². The second kappa shape index (κ2) is 6.59. The van der Waals surface area contributed by atoms with Crippen LogP contribution in [0.15, 0.2) is 46.6 Å². The Morgan fingerprint density at radius 2 is 2.15 bits per heavy atom. The Kier molecular flexibility index (Phi) is 4.26. The molecular formula is C18H15N5OS2. The van der Waals surface area contributed by atoms with Crippen molar-refractivity contribution in [2.75, 3.05) is 0 Å². The zero-order chi connectivity index (χ0) is 18.3. The van der Waals surface area contributed by atoms with Crippen molar-refractivity contribution in [3.05, 3.63) is 58.1 Å². The van der Waals surface area contributed by atoms with Gasteiger partial charge in [-0.1, -0.05) is 23.9 Å². The summed E-state index contributed by atoms with van der Waals surface area (Å²) in [4.78, 5) is 13.4. The Morgan fingerprint density at radius 1 is 1.35 bits per heavy atom. The first-order valence-electron chi connectivity index (χ1n) is 8.08. The fourth-order valence-corrected chi connectivity index (χ4v) is 5.06. The van der Waals surface area contributed by atoms with Crippen LogP contribution in [-0.2, 0) is 5.75 Å². The van der Waals surface area contributed by atoms with Crippen molar-refractivity contribution in [3.63, 3.8) is 0 Å². The molecule has 1 aromatic carbocycles. The van der Waals surface area contributed by atoms with Crippen LogP contribution in [0.3, 0.4) is 0 Å². The van der Waals surface area contributed by atoms with Crippen molar-refractivity contribution in [2.45, 2.75) is 30.8 Å². The van der Waals surface area contributed by atoms with Crippen LogP contribution >= 0.6 is 23.1 Å². The van der Waals surface area contributed by atoms with Crippen LogP contribution < -0.4 is 5.56 Å². The third-order valence-electron chi connectivity index (χ3n) is 4.13. The number of pyridine rings is 1. The standard InChI is InChI=1S/C18H15N5OS2/c1-11(2)22-10-20-21-18(22)25-9-12-7-16(24)23-14-5-3-4-6-15(14)26-17(23)13(12)8-19/h3-7,10-11H,9H2,1-2H3. The van der Waals surface area contributed by atoms with Gasteiger partial charge in [0.25, 0.3) is 5.56 Å². The maximum Gasteiger partial charge on any atom is 0.256 e. The van der Waals surface area contributed by atoms with Gasteiger partial charge >= 0.3 is 0 Å². The fraction of sp³-hybridized carbons (Fsp3) is 0.222. The molecule has 0 atom stereocenters. The number of rotatable bonds is 4. The minimum Gasteiger partial charge on any atom is -0.306 e. The lowest BCUT2D eigenvalue weighted by molar-refractivity contribution is 0.549. The number of thioether (sulfide) groups is 1. The topological polar surface area (TPSA) is 76.0 Å². The largest absolute Gasteiger partial charge is 0.306 e. The summed E-state index contributed by atoms with van der Waals surface area (Å²) in [7, 11) is 0. The lowest BCUT2D eigenvalue weighted by Crippen LogP contribution is -2.13. The molecule has 4 rings (SSSR count). The van der Waals surface area contributed by atoms with Crippen molar-refractivity contribution in [3.8, 4) is 6.07 Å². The van der Waals surface area contributed by atoms with Gasteiger partial charge in [-0.25, -0.2) is 0 Å². The number of para-hydroxylation sites is 1. The van der Waals surface area contributed by atoms with Gasteiger partial charge in [-0.3, -0.25) is 9.20 Å². The van der Waals surface area contributed by atoms with E-state index in [4.69, 9.17) is 0 Å². The summed E-state index contributed by atoms with van der Waals surface area (Å²) >= 11 is 2.95. The van der Waals surface area contributed by atoms with Crippen molar-refractivity contribution in [2.24, 2.45) is 0 Å². The molecule has 0 N–H and O–H groups in total. The molecule has 8 heteroatoms. The highest BCUT2D eigenvalue weighted by atomic mass is 32.2. The van der Waals surface area contributed by atoms with Gasteiger partial charge in [0, 0.05) is 17.9 Å². The Bertz CT molecular complexity index is 1210. The Morgan fingerprint density at radius 3 is 2.92 bits per heavy atom. The normalized spacial score (nSPS) is 11.5. The van der Waals surface area contributed by atoms with E-state index < -0.39 is 0 Å². The van der Waals surface area contributed by atoms with Crippen LogP contribution in [0.1, 0.15) is 31.0 Å². The summed E-state index contributed by atoms with van der Waals surface area (Å²) in [6.07, 6.45) is 1.70. The van der Waals surface area contributed by atoms with Gasteiger partial charge in [-0.15, -0.1) is 21.5 Å². The summed E-state index contributed by atoms with van der Waals surface area (Å²) in [5.41, 5.74) is 2.01. The molecule has 0 spiro atoms. The van der Waals surface area contributed by atoms with E-state index in [9.17, 15) is 10.1 Å². The number of nitriles is 1. The van der Waals surface area contributed by atoms with E-state index in [1.807, 2.05) is 28.8 Å². The van der Waals surface area contributed by atoms with Crippen LogP contribution in [0.4, 0.5) is 0 Å². The molecule has 0 amide bonds. The predicted octanol–water partition coefficient (Wildman–Crippen LogP) is 3.85. The first-order chi connectivity index (χ1) is 12.6. The molecule has 0 aliphatic carbocycles. The van der Waals surface area contributed by atoms with Crippen LogP contribution in [0.2, 0.25) is 0 Å². The molecule has 6 nitrogen and oxygen atoms in total. The number of aromatic nitrogens is 4. The molecule has 130 valence electrons. The van der Waals surface area contributed by atoms with E-state index in [1.165, 1.54) is 23.1 Å². The monoisotopic (exact) mass is 381 g/mol. The second-order valence-electron chi connectivity index (χ2n) is 6.11. The third-order valence-corrected chi connectivity index (χ3v) is 6.29. The maximum atomic E-state index is 12.7. The van der Waals surface area contributed by atoms with Crippen molar-refractivity contribution in [1.29, 1.82) is 5.26 Å². The number of hydrogen-bond acceptors (Lipinski definition) is 6. The van der Waals surface area contributed by atoms with E-state index in [2.05, 4.69) is 30.1 Å². The van der Waals surface area contributed by atoms with Gasteiger partial charge in [-0.05, 0) is 31.5 Å². The van der Waals surface area contributed by atoms with Gasteiger partial charge < -0.3 is 4.57 Å². The number of fused-ring (bicyclic) bond motifs is 3. The zero-order valence-electron chi connectivity index (χ0n) is 14.2. The van der Waals surface area contributed by atoms with Crippen molar-refractivity contribution >= 4 is 38.1 Å². The van der Waals surface area contributed by atoms with Crippen molar-refractivity contribution in [1.82, 2.24) is 19.2 Å². The molecule has 0 saturated heterocycles. The zero-order valence-corrected chi connectivity index (χ0v) is 15.8. The van der Waals surface area contributed by atoms with Gasteiger partial charge in [-0.2, -0.15) is 5.26 Å². The summed E-state index contributed by atoms with van der Waals surface area (Å²) in [5, 5.41) is 18.6. The molecule has 0 unspecified atom stereocenters. The lowest BCUT2D eigenvalue weighted by Gasteiger charge is -2.10. The quantitative estimate of drug-likeness (QED) is 0.502. The molecule has 26 heavy (non-hydrogen) atoms. The van der Waals surface area contributed by atoms with Crippen LogP contribution in [-0.4, -0.2) is 19.2 Å². The van der Waals surface area contributed by atoms with Crippen molar-refractivity contribution < 1.29 is 0 Å². The Balaban J connectivity index is 1.81. The van der Waals surface area contributed by atoms with Gasteiger partial charge in [0.1, 0.15) is 17.2 Å². The highest BCUT2D eigenvalue weighted by molar-refractivity contribution is 7.98. The molecule has 4 aromatic rings. The molecule has 0 aliphatic heterocycles. The number of thiazole rings is 1. The summed E-state index contributed by atoms with van der Waals surface area (Å²) in [5.74, 6) is 0.494. The molecule has 0 saturated carbocycles.